The van der Waals surface area contributed by atoms with Crippen molar-refractivity contribution >= 4 is 5.78 Å². The first kappa shape index (κ1) is 8.61. The summed E-state index contributed by atoms with van der Waals surface area (Å²) in [5.41, 5.74) is 0.376. The molecule has 0 amide bonds. The van der Waals surface area contributed by atoms with Gasteiger partial charge >= 0.3 is 0 Å². The first-order valence-corrected chi connectivity index (χ1v) is 4.11. The average Bonchev–Trinajstić information content (AvgIpc) is 2.75. The molecule has 0 unspecified atom stereocenters. The Morgan fingerprint density at radius 2 is 2.43 bits per heavy atom. The molecule has 0 saturated heterocycles. The molecule has 0 radical (unpaired) electrons. The number of carbonyl (C=O) groups excluding carboxylic acids is 1. The Morgan fingerprint density at radius 1 is 1.57 bits per heavy atom. The van der Waals surface area contributed by atoms with Crippen LogP contribution in [0.25, 0.3) is 0 Å². The van der Waals surface area contributed by atoms with E-state index < -0.39 is 0 Å². The molecule has 6 heteroatoms. The minimum atomic E-state index is -0.0731. The molecule has 0 aliphatic rings. The number of aryl methyl sites for hydroxylation is 1. The summed E-state index contributed by atoms with van der Waals surface area (Å²) in [4.78, 5) is 15.4. The van der Waals surface area contributed by atoms with E-state index in [-0.39, 0.29) is 12.3 Å². The van der Waals surface area contributed by atoms with Gasteiger partial charge in [0.15, 0.2) is 5.69 Å². The molecule has 0 N–H and O–H groups in total. The standard InChI is InChI=1S/C8H9N5O/c1-12-4-7(10-11-12)8(14)5-13-3-2-9-6-13/h2-4,6H,5H2,1H3. The van der Waals surface area contributed by atoms with Gasteiger partial charge in [0.1, 0.15) is 0 Å². The van der Waals surface area contributed by atoms with Crippen molar-refractivity contribution in [2.75, 3.05) is 0 Å². The molecule has 2 aromatic rings. The Morgan fingerprint density at radius 3 is 3.00 bits per heavy atom. The first-order chi connectivity index (χ1) is 6.75. The van der Waals surface area contributed by atoms with Crippen molar-refractivity contribution in [2.24, 2.45) is 7.05 Å². The molecule has 0 aliphatic heterocycles. The number of nitrogens with zero attached hydrogens (tertiary/aromatic N) is 5. The van der Waals surface area contributed by atoms with E-state index in [2.05, 4.69) is 15.3 Å². The smallest absolute Gasteiger partial charge is 0.204 e. The number of ketones is 1. The van der Waals surface area contributed by atoms with Crippen LogP contribution in [0.3, 0.4) is 0 Å². The molecule has 0 aromatic carbocycles. The van der Waals surface area contributed by atoms with Gasteiger partial charge in [-0.25, -0.2) is 4.98 Å². The molecule has 14 heavy (non-hydrogen) atoms. The van der Waals surface area contributed by atoms with Crippen molar-refractivity contribution in [2.45, 2.75) is 6.54 Å². The second-order valence-electron chi connectivity index (χ2n) is 2.94. The van der Waals surface area contributed by atoms with Gasteiger partial charge in [-0.3, -0.25) is 9.48 Å². The third kappa shape index (κ3) is 1.68. The van der Waals surface area contributed by atoms with E-state index in [1.54, 1.807) is 36.5 Å². The second-order valence-corrected chi connectivity index (χ2v) is 2.94. The summed E-state index contributed by atoms with van der Waals surface area (Å²) in [5, 5.41) is 7.41. The van der Waals surface area contributed by atoms with E-state index in [1.807, 2.05) is 0 Å². The second kappa shape index (κ2) is 3.41. The molecular formula is C8H9N5O. The zero-order valence-corrected chi connectivity index (χ0v) is 7.66. The zero-order chi connectivity index (χ0) is 9.97. The quantitative estimate of drug-likeness (QED) is 0.635. The number of hydrogen-bond acceptors (Lipinski definition) is 4. The van der Waals surface area contributed by atoms with Crippen LogP contribution in [0.2, 0.25) is 0 Å². The van der Waals surface area contributed by atoms with E-state index in [0.29, 0.717) is 5.69 Å². The fraction of sp³-hybridized carbons (Fsp3) is 0.250. The number of Topliss-reactive ketones (excluding diaryl/α,β-unsaturated/α-hetero) is 1. The van der Waals surface area contributed by atoms with Crippen molar-refractivity contribution in [1.82, 2.24) is 24.5 Å². The Balaban J connectivity index is 2.10. The number of hydrogen-bond donors (Lipinski definition) is 0. The monoisotopic (exact) mass is 191 g/mol. The van der Waals surface area contributed by atoms with Crippen LogP contribution >= 0.6 is 0 Å². The fourth-order valence-electron chi connectivity index (χ4n) is 1.10. The SMILES string of the molecule is Cn1cc(C(=O)Cn2ccnc2)nn1. The lowest BCUT2D eigenvalue weighted by Crippen LogP contribution is -2.09. The van der Waals surface area contributed by atoms with Crippen molar-refractivity contribution in [3.8, 4) is 0 Å². The van der Waals surface area contributed by atoms with Crippen LogP contribution in [-0.2, 0) is 13.6 Å². The van der Waals surface area contributed by atoms with Crippen LogP contribution < -0.4 is 0 Å². The Bertz CT molecular complexity index is 430. The van der Waals surface area contributed by atoms with Gasteiger partial charge in [0.2, 0.25) is 5.78 Å². The van der Waals surface area contributed by atoms with E-state index in [0.717, 1.165) is 0 Å². The lowest BCUT2D eigenvalue weighted by atomic mass is 10.3. The summed E-state index contributed by atoms with van der Waals surface area (Å²) in [6.45, 7) is 0.249. The topological polar surface area (TPSA) is 65.6 Å². The van der Waals surface area contributed by atoms with Crippen molar-refractivity contribution in [3.63, 3.8) is 0 Å². The van der Waals surface area contributed by atoms with E-state index in [9.17, 15) is 4.79 Å². The highest BCUT2D eigenvalue weighted by Gasteiger charge is 2.09. The van der Waals surface area contributed by atoms with E-state index in [4.69, 9.17) is 0 Å². The normalized spacial score (nSPS) is 10.4. The Kier molecular flexibility index (Phi) is 2.10. The summed E-state index contributed by atoms with van der Waals surface area (Å²) in [6, 6.07) is 0. The highest BCUT2D eigenvalue weighted by atomic mass is 16.1. The molecule has 72 valence electrons. The van der Waals surface area contributed by atoms with Crippen LogP contribution in [0.1, 0.15) is 10.5 Å². The molecule has 0 atom stereocenters. The summed E-state index contributed by atoms with van der Waals surface area (Å²) in [6.07, 6.45) is 6.55. The van der Waals surface area contributed by atoms with Gasteiger partial charge in [-0.2, -0.15) is 0 Å². The van der Waals surface area contributed by atoms with Crippen molar-refractivity contribution in [1.29, 1.82) is 0 Å². The summed E-state index contributed by atoms with van der Waals surface area (Å²) < 4.78 is 3.19. The molecular weight excluding hydrogens is 182 g/mol. The first-order valence-electron chi connectivity index (χ1n) is 4.11. The maximum Gasteiger partial charge on any atom is 0.204 e. The van der Waals surface area contributed by atoms with Crippen LogP contribution in [0, 0.1) is 0 Å². The number of carbonyl (C=O) groups is 1. The van der Waals surface area contributed by atoms with Gasteiger partial charge in [0.05, 0.1) is 19.1 Å². The van der Waals surface area contributed by atoms with Crippen LogP contribution in [0.4, 0.5) is 0 Å². The van der Waals surface area contributed by atoms with Crippen LogP contribution in [-0.4, -0.2) is 30.3 Å². The van der Waals surface area contributed by atoms with Crippen molar-refractivity contribution < 1.29 is 4.79 Å². The highest BCUT2D eigenvalue weighted by Crippen LogP contribution is 1.97. The minimum Gasteiger partial charge on any atom is -0.330 e. The highest BCUT2D eigenvalue weighted by molar-refractivity contribution is 5.93. The van der Waals surface area contributed by atoms with Gasteiger partial charge in [0, 0.05) is 19.4 Å². The molecule has 0 fully saturated rings. The predicted molar refractivity (Wildman–Crippen MR) is 47.6 cm³/mol. The maximum atomic E-state index is 11.6. The summed E-state index contributed by atoms with van der Waals surface area (Å²) in [5.74, 6) is -0.0731. The number of rotatable bonds is 3. The molecule has 0 saturated carbocycles. The van der Waals surface area contributed by atoms with Gasteiger partial charge in [-0.1, -0.05) is 5.21 Å². The molecule has 2 heterocycles. The largest absolute Gasteiger partial charge is 0.330 e. The van der Waals surface area contributed by atoms with Gasteiger partial charge < -0.3 is 4.57 Å². The summed E-state index contributed by atoms with van der Waals surface area (Å²) in [7, 11) is 1.72. The number of aromatic nitrogens is 5. The van der Waals surface area contributed by atoms with Gasteiger partial charge in [0.25, 0.3) is 0 Å². The Labute approximate surface area is 80.2 Å². The molecule has 2 rings (SSSR count). The maximum absolute atomic E-state index is 11.6. The van der Waals surface area contributed by atoms with Crippen LogP contribution in [0.5, 0.6) is 0 Å². The molecule has 2 aromatic heterocycles. The molecule has 6 nitrogen and oxygen atoms in total. The molecule has 0 spiro atoms. The van der Waals surface area contributed by atoms with Gasteiger partial charge in [-0.05, 0) is 0 Å². The minimum absolute atomic E-state index is 0.0731. The zero-order valence-electron chi connectivity index (χ0n) is 7.66. The van der Waals surface area contributed by atoms with Gasteiger partial charge in [-0.15, -0.1) is 5.10 Å². The fourth-order valence-corrected chi connectivity index (χ4v) is 1.10. The lowest BCUT2D eigenvalue weighted by Gasteiger charge is -1.96. The van der Waals surface area contributed by atoms with E-state index >= 15 is 0 Å². The predicted octanol–water partition coefficient (Wildman–Crippen LogP) is -0.106. The summed E-state index contributed by atoms with van der Waals surface area (Å²) >= 11 is 0. The van der Waals surface area contributed by atoms with Crippen molar-refractivity contribution in [3.05, 3.63) is 30.6 Å². The third-order valence-electron chi connectivity index (χ3n) is 1.77. The lowest BCUT2D eigenvalue weighted by molar-refractivity contribution is 0.0967. The Hall–Kier alpha value is -1.98. The molecule has 0 aliphatic carbocycles. The third-order valence-corrected chi connectivity index (χ3v) is 1.77. The molecule has 0 bridgehead atoms. The van der Waals surface area contributed by atoms with Crippen LogP contribution in [0.15, 0.2) is 24.9 Å². The number of imidazole rings is 1. The average molecular weight is 191 g/mol. The van der Waals surface area contributed by atoms with E-state index in [1.165, 1.54) is 4.68 Å².